The molecule has 1 heterocycles. The fourth-order valence-electron chi connectivity index (χ4n) is 1.40. The van der Waals surface area contributed by atoms with Gasteiger partial charge in [-0.25, -0.2) is 0 Å². The van der Waals surface area contributed by atoms with Gasteiger partial charge in [0.2, 0.25) is 0 Å². The molecule has 0 spiro atoms. The van der Waals surface area contributed by atoms with Gasteiger partial charge < -0.3 is 10.5 Å². The fraction of sp³-hybridized carbons (Fsp3) is 0.143. The predicted octanol–water partition coefficient (Wildman–Crippen LogP) is 3.94. The van der Waals surface area contributed by atoms with Crippen LogP contribution in [0.3, 0.4) is 0 Å². The molecule has 0 saturated heterocycles. The standard InChI is InChI=1S/C14H11Cl2NOS/c15-10-3-6-13(16)14(8-10)18-9-12-5-4-11(19-12)2-1-7-17/h3-6,8H,7,9,17H2. The van der Waals surface area contributed by atoms with E-state index in [1.54, 1.807) is 29.5 Å². The van der Waals surface area contributed by atoms with E-state index in [1.807, 2.05) is 12.1 Å². The molecule has 1 aromatic carbocycles. The summed E-state index contributed by atoms with van der Waals surface area (Å²) in [5.74, 6) is 6.38. The van der Waals surface area contributed by atoms with E-state index >= 15 is 0 Å². The van der Waals surface area contributed by atoms with Crippen molar-refractivity contribution in [1.82, 2.24) is 0 Å². The Morgan fingerprint density at radius 3 is 2.84 bits per heavy atom. The predicted molar refractivity (Wildman–Crippen MR) is 81.0 cm³/mol. The summed E-state index contributed by atoms with van der Waals surface area (Å²) in [5.41, 5.74) is 5.33. The zero-order valence-corrected chi connectivity index (χ0v) is 12.3. The van der Waals surface area contributed by atoms with Crippen LogP contribution in [0.1, 0.15) is 9.75 Å². The van der Waals surface area contributed by atoms with Crippen molar-refractivity contribution in [3.05, 3.63) is 50.1 Å². The van der Waals surface area contributed by atoms with Crippen LogP contribution in [0.2, 0.25) is 10.0 Å². The summed E-state index contributed by atoms with van der Waals surface area (Å²) in [5, 5.41) is 1.14. The SMILES string of the molecule is NCC#Cc1ccc(COc2cc(Cl)ccc2Cl)s1. The van der Waals surface area contributed by atoms with E-state index < -0.39 is 0 Å². The maximum Gasteiger partial charge on any atom is 0.139 e. The summed E-state index contributed by atoms with van der Waals surface area (Å²) in [6.45, 7) is 0.802. The lowest BCUT2D eigenvalue weighted by Crippen LogP contribution is -1.93. The number of benzene rings is 1. The third-order valence-electron chi connectivity index (χ3n) is 2.24. The number of hydrogen-bond donors (Lipinski definition) is 1. The lowest BCUT2D eigenvalue weighted by molar-refractivity contribution is 0.310. The zero-order chi connectivity index (χ0) is 13.7. The Labute approximate surface area is 126 Å². The van der Waals surface area contributed by atoms with Crippen molar-refractivity contribution in [2.75, 3.05) is 6.54 Å². The van der Waals surface area contributed by atoms with Crippen LogP contribution in [0, 0.1) is 11.8 Å². The molecular weight excluding hydrogens is 301 g/mol. The topological polar surface area (TPSA) is 35.2 Å². The van der Waals surface area contributed by atoms with Crippen molar-refractivity contribution in [3.63, 3.8) is 0 Å². The summed E-state index contributed by atoms with van der Waals surface area (Å²) >= 11 is 13.5. The molecule has 1 aromatic heterocycles. The molecule has 0 aliphatic rings. The molecule has 0 bridgehead atoms. The molecule has 2 aromatic rings. The minimum absolute atomic E-state index is 0.363. The first-order valence-electron chi connectivity index (χ1n) is 5.54. The van der Waals surface area contributed by atoms with Crippen molar-refractivity contribution >= 4 is 34.5 Å². The third-order valence-corrected chi connectivity index (χ3v) is 3.76. The molecule has 0 unspecified atom stereocenters. The highest BCUT2D eigenvalue weighted by molar-refractivity contribution is 7.12. The molecule has 0 aliphatic carbocycles. The van der Waals surface area contributed by atoms with Crippen LogP contribution in [0.4, 0.5) is 0 Å². The van der Waals surface area contributed by atoms with Crippen molar-refractivity contribution in [2.24, 2.45) is 5.73 Å². The van der Waals surface area contributed by atoms with E-state index in [4.69, 9.17) is 33.7 Å². The maximum atomic E-state index is 6.02. The van der Waals surface area contributed by atoms with E-state index in [-0.39, 0.29) is 0 Å². The fourth-order valence-corrected chi connectivity index (χ4v) is 2.53. The third kappa shape index (κ3) is 4.15. The summed E-state index contributed by atoms with van der Waals surface area (Å²) in [6, 6.07) is 9.07. The molecule has 0 amide bonds. The molecule has 5 heteroatoms. The van der Waals surface area contributed by atoms with Gasteiger partial charge in [0, 0.05) is 16.0 Å². The Balaban J connectivity index is 2.02. The zero-order valence-electron chi connectivity index (χ0n) is 9.95. The van der Waals surface area contributed by atoms with Crippen LogP contribution >= 0.6 is 34.5 Å². The first-order chi connectivity index (χ1) is 9.19. The van der Waals surface area contributed by atoms with Gasteiger partial charge in [-0.3, -0.25) is 0 Å². The minimum atomic E-state index is 0.363. The van der Waals surface area contributed by atoms with Gasteiger partial charge in [-0.05, 0) is 24.3 Å². The monoisotopic (exact) mass is 311 g/mol. The second-order valence-electron chi connectivity index (χ2n) is 3.64. The maximum absolute atomic E-state index is 6.02. The molecule has 0 aliphatic heterocycles. The molecule has 0 fully saturated rings. The first kappa shape index (κ1) is 14.2. The van der Waals surface area contributed by atoms with Gasteiger partial charge in [-0.15, -0.1) is 11.3 Å². The Morgan fingerprint density at radius 1 is 1.21 bits per heavy atom. The summed E-state index contributed by atoms with van der Waals surface area (Å²) in [6.07, 6.45) is 0. The molecule has 98 valence electrons. The number of ether oxygens (including phenoxy) is 1. The van der Waals surface area contributed by atoms with Crippen LogP contribution in [-0.2, 0) is 6.61 Å². The Kier molecular flexibility index (Phi) is 5.12. The Bertz CT molecular complexity index is 628. The largest absolute Gasteiger partial charge is 0.486 e. The number of nitrogens with two attached hydrogens (primary N) is 1. The van der Waals surface area contributed by atoms with Crippen LogP contribution < -0.4 is 10.5 Å². The second kappa shape index (κ2) is 6.83. The Hall–Kier alpha value is -1.18. The lowest BCUT2D eigenvalue weighted by atomic mass is 10.3. The average molecular weight is 312 g/mol. The smallest absolute Gasteiger partial charge is 0.139 e. The van der Waals surface area contributed by atoms with E-state index in [9.17, 15) is 0 Å². The van der Waals surface area contributed by atoms with Crippen molar-refractivity contribution in [2.45, 2.75) is 6.61 Å². The summed E-state index contributed by atoms with van der Waals surface area (Å²) < 4.78 is 5.64. The quantitative estimate of drug-likeness (QED) is 0.871. The highest BCUT2D eigenvalue weighted by Gasteiger charge is 2.04. The van der Waals surface area contributed by atoms with Gasteiger partial charge in [0.1, 0.15) is 12.4 Å². The lowest BCUT2D eigenvalue weighted by Gasteiger charge is -2.06. The van der Waals surface area contributed by atoms with E-state index in [1.165, 1.54) is 0 Å². The van der Waals surface area contributed by atoms with Crippen molar-refractivity contribution in [1.29, 1.82) is 0 Å². The van der Waals surface area contributed by atoms with E-state index in [2.05, 4.69) is 11.8 Å². The summed E-state index contributed by atoms with van der Waals surface area (Å²) in [4.78, 5) is 2.04. The van der Waals surface area contributed by atoms with Gasteiger partial charge in [-0.1, -0.05) is 35.0 Å². The molecule has 0 radical (unpaired) electrons. The van der Waals surface area contributed by atoms with Crippen LogP contribution in [-0.4, -0.2) is 6.54 Å². The molecule has 0 atom stereocenters. The molecule has 19 heavy (non-hydrogen) atoms. The number of halogens is 2. The van der Waals surface area contributed by atoms with Crippen LogP contribution in [0.15, 0.2) is 30.3 Å². The molecule has 2 N–H and O–H groups in total. The highest BCUT2D eigenvalue weighted by atomic mass is 35.5. The van der Waals surface area contributed by atoms with Crippen LogP contribution in [0.25, 0.3) is 0 Å². The average Bonchev–Trinajstić information content (AvgIpc) is 2.85. The Morgan fingerprint density at radius 2 is 2.05 bits per heavy atom. The van der Waals surface area contributed by atoms with Gasteiger partial charge in [0.15, 0.2) is 0 Å². The van der Waals surface area contributed by atoms with Gasteiger partial charge in [-0.2, -0.15) is 0 Å². The van der Waals surface area contributed by atoms with Crippen molar-refractivity contribution in [3.8, 4) is 17.6 Å². The van der Waals surface area contributed by atoms with E-state index in [0.717, 1.165) is 9.75 Å². The van der Waals surface area contributed by atoms with Gasteiger partial charge in [0.05, 0.1) is 16.4 Å². The molecule has 0 saturated carbocycles. The second-order valence-corrected chi connectivity index (χ2v) is 5.65. The molecular formula is C14H11Cl2NOS. The number of rotatable bonds is 3. The minimum Gasteiger partial charge on any atom is -0.486 e. The van der Waals surface area contributed by atoms with Gasteiger partial charge >= 0.3 is 0 Å². The van der Waals surface area contributed by atoms with Crippen LogP contribution in [0.5, 0.6) is 5.75 Å². The van der Waals surface area contributed by atoms with Crippen molar-refractivity contribution < 1.29 is 4.74 Å². The van der Waals surface area contributed by atoms with Gasteiger partial charge in [0.25, 0.3) is 0 Å². The summed E-state index contributed by atoms with van der Waals surface area (Å²) in [7, 11) is 0. The molecule has 2 nitrogen and oxygen atoms in total. The molecule has 2 rings (SSSR count). The first-order valence-corrected chi connectivity index (χ1v) is 7.12. The number of thiophene rings is 1. The van der Waals surface area contributed by atoms with E-state index in [0.29, 0.717) is 28.9 Å². The number of hydrogen-bond acceptors (Lipinski definition) is 3. The highest BCUT2D eigenvalue weighted by Crippen LogP contribution is 2.29. The normalized spacial score (nSPS) is 9.84.